The Morgan fingerprint density at radius 2 is 2.00 bits per heavy atom. The number of aromatic nitrogens is 3. The van der Waals surface area contributed by atoms with Crippen LogP contribution in [0.25, 0.3) is 5.69 Å². The van der Waals surface area contributed by atoms with Gasteiger partial charge in [0.05, 0.1) is 11.3 Å². The van der Waals surface area contributed by atoms with Crippen LogP contribution in [0.4, 0.5) is 0 Å². The molecule has 24 heavy (non-hydrogen) atoms. The van der Waals surface area contributed by atoms with Crippen LogP contribution in [-0.2, 0) is 14.3 Å². The summed E-state index contributed by atoms with van der Waals surface area (Å²) in [6, 6.07) is 4.84. The van der Waals surface area contributed by atoms with Gasteiger partial charge in [-0.25, -0.2) is 14.5 Å². The molecule has 2 atom stereocenters. The Balaban J connectivity index is 1.75. The lowest BCUT2D eigenvalue weighted by Crippen LogP contribution is -2.20. The van der Waals surface area contributed by atoms with E-state index in [4.69, 9.17) is 21.1 Å². The molecule has 0 saturated carbocycles. The molecule has 7 nitrogen and oxygen atoms in total. The largest absolute Gasteiger partial charge is 0.458 e. The Bertz CT molecular complexity index is 789. The van der Waals surface area contributed by atoms with Crippen molar-refractivity contribution in [3.63, 3.8) is 0 Å². The highest BCUT2D eigenvalue weighted by Gasteiger charge is 2.26. The van der Waals surface area contributed by atoms with Gasteiger partial charge in [0.15, 0.2) is 0 Å². The smallest absolute Gasteiger partial charge is 0.340 e. The van der Waals surface area contributed by atoms with Crippen LogP contribution in [0.3, 0.4) is 0 Å². The summed E-state index contributed by atoms with van der Waals surface area (Å²) in [5.41, 5.74) is 0.790. The summed E-state index contributed by atoms with van der Waals surface area (Å²) in [6.45, 7) is 1.34. The summed E-state index contributed by atoms with van der Waals surface area (Å²) < 4.78 is 12.0. The zero-order valence-corrected chi connectivity index (χ0v) is 13.5. The first kappa shape index (κ1) is 16.2. The molecule has 0 bridgehead atoms. The van der Waals surface area contributed by atoms with E-state index in [1.165, 1.54) is 30.3 Å². The maximum absolute atomic E-state index is 12.5. The van der Waals surface area contributed by atoms with E-state index in [1.807, 2.05) is 0 Å². The topological polar surface area (TPSA) is 83.3 Å². The van der Waals surface area contributed by atoms with E-state index in [1.54, 1.807) is 24.3 Å². The minimum Gasteiger partial charge on any atom is -0.458 e. The Morgan fingerprint density at radius 1 is 1.25 bits per heavy atom. The third-order valence-corrected chi connectivity index (χ3v) is 3.66. The molecule has 1 aliphatic carbocycles. The number of halogens is 1. The number of esters is 2. The molecule has 0 aliphatic heterocycles. The van der Waals surface area contributed by atoms with Crippen molar-refractivity contribution in [1.82, 2.24) is 14.8 Å². The molecule has 1 heterocycles. The third-order valence-electron chi connectivity index (χ3n) is 3.42. The molecule has 0 fully saturated rings. The zero-order valence-electron chi connectivity index (χ0n) is 12.8. The lowest BCUT2D eigenvalue weighted by molar-refractivity contribution is -0.144. The number of hydrogen-bond acceptors (Lipinski definition) is 6. The molecular weight excluding hydrogens is 334 g/mol. The monoisotopic (exact) mass is 347 g/mol. The van der Waals surface area contributed by atoms with Crippen molar-refractivity contribution in [3.8, 4) is 5.69 Å². The molecule has 0 unspecified atom stereocenters. The molecule has 1 aromatic carbocycles. The SMILES string of the molecule is CC(=O)O[C@H]1C=C[C@@H](OC(=O)c2cc(Cl)ccc2-n2cncn2)C1. The highest BCUT2D eigenvalue weighted by atomic mass is 35.5. The van der Waals surface area contributed by atoms with E-state index in [0.717, 1.165) is 0 Å². The van der Waals surface area contributed by atoms with Gasteiger partial charge in [0.2, 0.25) is 0 Å². The summed E-state index contributed by atoms with van der Waals surface area (Å²) >= 11 is 5.99. The number of hydrogen-bond donors (Lipinski definition) is 0. The predicted octanol–water partition coefficient (Wildman–Crippen LogP) is 2.34. The summed E-state index contributed by atoms with van der Waals surface area (Å²) in [6.07, 6.45) is 5.80. The van der Waals surface area contributed by atoms with E-state index in [9.17, 15) is 9.59 Å². The van der Waals surface area contributed by atoms with Gasteiger partial charge in [0.1, 0.15) is 24.9 Å². The minimum absolute atomic E-state index is 0.275. The van der Waals surface area contributed by atoms with Crippen molar-refractivity contribution < 1.29 is 19.1 Å². The normalized spacial score (nSPS) is 19.2. The maximum atomic E-state index is 12.5. The second-order valence-electron chi connectivity index (χ2n) is 5.21. The van der Waals surface area contributed by atoms with Gasteiger partial charge in [0.25, 0.3) is 0 Å². The van der Waals surface area contributed by atoms with Crippen LogP contribution in [0.15, 0.2) is 43.0 Å². The number of nitrogens with zero attached hydrogens (tertiary/aromatic N) is 3. The second-order valence-corrected chi connectivity index (χ2v) is 5.65. The van der Waals surface area contributed by atoms with Gasteiger partial charge < -0.3 is 9.47 Å². The average molecular weight is 348 g/mol. The Kier molecular flexibility index (Phi) is 4.61. The minimum atomic E-state index is -0.541. The quantitative estimate of drug-likeness (QED) is 0.623. The molecule has 2 aromatic rings. The molecule has 8 heteroatoms. The van der Waals surface area contributed by atoms with Gasteiger partial charge in [-0.3, -0.25) is 4.79 Å². The van der Waals surface area contributed by atoms with Crippen molar-refractivity contribution >= 4 is 23.5 Å². The van der Waals surface area contributed by atoms with Crippen LogP contribution in [0.2, 0.25) is 5.02 Å². The van der Waals surface area contributed by atoms with Gasteiger partial charge in [-0.1, -0.05) is 11.6 Å². The first-order valence-electron chi connectivity index (χ1n) is 7.24. The Labute approximate surface area is 142 Å². The molecular formula is C16H14ClN3O4. The van der Waals surface area contributed by atoms with Crippen LogP contribution < -0.4 is 0 Å². The second kappa shape index (κ2) is 6.84. The van der Waals surface area contributed by atoms with E-state index in [2.05, 4.69) is 10.1 Å². The number of rotatable bonds is 4. The molecule has 0 saturated heterocycles. The van der Waals surface area contributed by atoms with E-state index in [0.29, 0.717) is 17.1 Å². The van der Waals surface area contributed by atoms with E-state index < -0.39 is 12.1 Å². The summed E-state index contributed by atoms with van der Waals surface area (Å²) in [5.74, 6) is -0.916. The van der Waals surface area contributed by atoms with Gasteiger partial charge in [-0.05, 0) is 30.4 Å². The molecule has 124 valence electrons. The van der Waals surface area contributed by atoms with Crippen molar-refractivity contribution in [1.29, 1.82) is 0 Å². The average Bonchev–Trinajstić information content (AvgIpc) is 3.18. The Hall–Kier alpha value is -2.67. The number of benzene rings is 1. The van der Waals surface area contributed by atoms with Crippen LogP contribution in [0, 0.1) is 0 Å². The fraction of sp³-hybridized carbons (Fsp3) is 0.250. The maximum Gasteiger partial charge on any atom is 0.340 e. The van der Waals surface area contributed by atoms with Crippen LogP contribution in [-0.4, -0.2) is 38.9 Å². The van der Waals surface area contributed by atoms with Gasteiger partial charge >= 0.3 is 11.9 Å². The standard InChI is InChI=1S/C16H14ClN3O4/c1-10(21)23-12-3-4-13(7-12)24-16(22)14-6-11(17)2-5-15(14)20-9-18-8-19-20/h2-6,8-9,12-13H,7H2,1H3/t12-,13+/m0/s1. The molecule has 3 rings (SSSR count). The highest BCUT2D eigenvalue weighted by molar-refractivity contribution is 6.31. The molecule has 0 N–H and O–H groups in total. The molecule has 0 radical (unpaired) electrons. The predicted molar refractivity (Wildman–Crippen MR) is 84.9 cm³/mol. The Morgan fingerprint density at radius 3 is 2.67 bits per heavy atom. The lowest BCUT2D eigenvalue weighted by Gasteiger charge is -2.15. The summed E-state index contributed by atoms with van der Waals surface area (Å²) in [5, 5.41) is 4.43. The van der Waals surface area contributed by atoms with Gasteiger partial charge in [-0.15, -0.1) is 0 Å². The van der Waals surface area contributed by atoms with Crippen molar-refractivity contribution in [2.45, 2.75) is 25.6 Å². The third kappa shape index (κ3) is 3.62. The highest BCUT2D eigenvalue weighted by Crippen LogP contribution is 2.23. The van der Waals surface area contributed by atoms with Gasteiger partial charge in [-0.2, -0.15) is 5.10 Å². The summed E-state index contributed by atoms with van der Waals surface area (Å²) in [7, 11) is 0. The fourth-order valence-corrected chi connectivity index (χ4v) is 2.60. The van der Waals surface area contributed by atoms with Gasteiger partial charge in [0, 0.05) is 18.4 Å². The van der Waals surface area contributed by atoms with Crippen LogP contribution in [0.5, 0.6) is 0 Å². The van der Waals surface area contributed by atoms with Crippen LogP contribution >= 0.6 is 11.6 Å². The van der Waals surface area contributed by atoms with Crippen molar-refractivity contribution in [2.24, 2.45) is 0 Å². The van der Waals surface area contributed by atoms with Crippen molar-refractivity contribution in [2.75, 3.05) is 0 Å². The fourth-order valence-electron chi connectivity index (χ4n) is 2.43. The zero-order chi connectivity index (χ0) is 17.1. The first-order chi connectivity index (χ1) is 11.5. The van der Waals surface area contributed by atoms with E-state index >= 15 is 0 Å². The van der Waals surface area contributed by atoms with Crippen LogP contribution in [0.1, 0.15) is 23.7 Å². The molecule has 0 spiro atoms. The first-order valence-corrected chi connectivity index (χ1v) is 7.62. The van der Waals surface area contributed by atoms with Crippen molar-refractivity contribution in [3.05, 3.63) is 53.6 Å². The molecule has 1 aliphatic rings. The molecule has 1 aromatic heterocycles. The lowest BCUT2D eigenvalue weighted by atomic mass is 10.1. The number of ether oxygens (including phenoxy) is 2. The number of carbonyl (C=O) groups excluding carboxylic acids is 2. The number of carbonyl (C=O) groups is 2. The molecule has 0 amide bonds. The summed E-state index contributed by atoms with van der Waals surface area (Å²) in [4.78, 5) is 27.4. The van der Waals surface area contributed by atoms with E-state index in [-0.39, 0.29) is 17.6 Å².